The van der Waals surface area contributed by atoms with Crippen LogP contribution in [-0.2, 0) is 4.74 Å². The van der Waals surface area contributed by atoms with Gasteiger partial charge in [0.25, 0.3) is 6.26 Å². The third-order valence-electron chi connectivity index (χ3n) is 1.01. The van der Waals surface area contributed by atoms with Gasteiger partial charge in [-0.1, -0.05) is 13.2 Å². The minimum atomic E-state index is -4.47. The lowest BCUT2D eigenvalue weighted by molar-refractivity contribution is -0.0878. The second kappa shape index (κ2) is 4.36. The molecule has 0 amide bonds. The van der Waals surface area contributed by atoms with Crippen LogP contribution in [0.2, 0.25) is 0 Å². The van der Waals surface area contributed by atoms with E-state index >= 15 is 0 Å². The van der Waals surface area contributed by atoms with Crippen molar-refractivity contribution in [1.82, 2.24) is 0 Å². The second-order valence-corrected chi connectivity index (χ2v) is 2.02. The molecule has 0 aromatic heterocycles. The van der Waals surface area contributed by atoms with Gasteiger partial charge in [0, 0.05) is 5.57 Å². The molecule has 0 aliphatic heterocycles. The standard InChI is InChI=1S/C8H6F3NO/c1-6(8(9,10)11)3-4-7(2)13-5-12/h3-4H,1-2H2/b4-3-. The van der Waals surface area contributed by atoms with Gasteiger partial charge < -0.3 is 4.74 Å². The highest BCUT2D eigenvalue weighted by Crippen LogP contribution is 2.24. The van der Waals surface area contributed by atoms with Gasteiger partial charge in [0.05, 0.1) is 0 Å². The van der Waals surface area contributed by atoms with Crippen molar-refractivity contribution in [2.24, 2.45) is 0 Å². The summed E-state index contributed by atoms with van der Waals surface area (Å²) in [6.45, 7) is 5.93. The molecule has 13 heavy (non-hydrogen) atoms. The summed E-state index contributed by atoms with van der Waals surface area (Å²) in [6.07, 6.45) is -1.60. The Hall–Kier alpha value is -1.70. The van der Waals surface area contributed by atoms with Gasteiger partial charge in [-0.2, -0.15) is 13.2 Å². The number of allylic oxidation sites excluding steroid dienone is 3. The van der Waals surface area contributed by atoms with E-state index in [4.69, 9.17) is 5.26 Å². The van der Waals surface area contributed by atoms with E-state index in [1.165, 1.54) is 6.26 Å². The molecule has 0 saturated carbocycles. The molecule has 2 nitrogen and oxygen atoms in total. The van der Waals surface area contributed by atoms with E-state index in [9.17, 15) is 13.2 Å². The average Bonchev–Trinajstić information content (AvgIpc) is 1.99. The SMILES string of the molecule is C=C(/C=C\C(=C)C(F)(F)F)OC#N. The van der Waals surface area contributed by atoms with Crippen LogP contribution >= 0.6 is 0 Å². The van der Waals surface area contributed by atoms with Gasteiger partial charge in [-0.05, 0) is 12.2 Å². The predicted octanol–water partition coefficient (Wildman–Crippen LogP) is 2.67. The summed E-state index contributed by atoms with van der Waals surface area (Å²) in [5.41, 5.74) is -1.03. The van der Waals surface area contributed by atoms with Crippen molar-refractivity contribution in [3.8, 4) is 6.26 Å². The molecule has 5 heteroatoms. The topological polar surface area (TPSA) is 33.0 Å². The van der Waals surface area contributed by atoms with Crippen molar-refractivity contribution < 1.29 is 17.9 Å². The maximum absolute atomic E-state index is 11.8. The molecule has 0 aliphatic carbocycles. The largest absolute Gasteiger partial charge is 0.415 e. The van der Waals surface area contributed by atoms with Crippen LogP contribution in [0.3, 0.4) is 0 Å². The average molecular weight is 189 g/mol. The molecule has 0 fully saturated rings. The lowest BCUT2D eigenvalue weighted by atomic mass is 10.2. The summed E-state index contributed by atoms with van der Waals surface area (Å²) >= 11 is 0. The zero-order chi connectivity index (χ0) is 10.5. The molecule has 0 aliphatic rings. The Balaban J connectivity index is 4.23. The first-order valence-electron chi connectivity index (χ1n) is 3.07. The number of rotatable bonds is 3. The first-order valence-corrected chi connectivity index (χ1v) is 3.07. The third-order valence-corrected chi connectivity index (χ3v) is 1.01. The molecule has 0 saturated heterocycles. The van der Waals surface area contributed by atoms with Crippen molar-refractivity contribution in [2.75, 3.05) is 0 Å². The molecule has 0 heterocycles. The summed E-state index contributed by atoms with van der Waals surface area (Å²) in [4.78, 5) is 0. The highest BCUT2D eigenvalue weighted by atomic mass is 19.4. The van der Waals surface area contributed by atoms with Crippen LogP contribution < -0.4 is 0 Å². The molecule has 0 aromatic rings. The smallest absolute Gasteiger partial charge is 0.389 e. The van der Waals surface area contributed by atoms with Crippen LogP contribution in [0.1, 0.15) is 0 Å². The summed E-state index contributed by atoms with van der Waals surface area (Å²) in [7, 11) is 0. The molecule has 0 aromatic carbocycles. The molecule has 70 valence electrons. The Bertz CT molecular complexity index is 283. The zero-order valence-corrected chi connectivity index (χ0v) is 6.56. The van der Waals surface area contributed by atoms with Gasteiger partial charge in [-0.3, -0.25) is 0 Å². The molecular weight excluding hydrogens is 183 g/mol. The summed E-state index contributed by atoms with van der Waals surface area (Å²) < 4.78 is 39.5. The van der Waals surface area contributed by atoms with E-state index in [2.05, 4.69) is 17.9 Å². The lowest BCUT2D eigenvalue weighted by Crippen LogP contribution is -2.08. The van der Waals surface area contributed by atoms with Gasteiger partial charge in [0.2, 0.25) is 0 Å². The molecule has 0 spiro atoms. The highest BCUT2D eigenvalue weighted by Gasteiger charge is 2.29. The fraction of sp³-hybridized carbons (Fsp3) is 0.125. The Morgan fingerprint density at radius 2 is 1.85 bits per heavy atom. The van der Waals surface area contributed by atoms with Crippen LogP contribution in [0.4, 0.5) is 13.2 Å². The fourth-order valence-electron chi connectivity index (χ4n) is 0.381. The van der Waals surface area contributed by atoms with E-state index < -0.39 is 11.7 Å². The first kappa shape index (κ1) is 11.3. The molecule has 0 atom stereocenters. The first-order chi connectivity index (χ1) is 5.88. The minimum Gasteiger partial charge on any atom is -0.389 e. The fourth-order valence-corrected chi connectivity index (χ4v) is 0.381. The van der Waals surface area contributed by atoms with Crippen molar-refractivity contribution in [3.05, 3.63) is 36.6 Å². The van der Waals surface area contributed by atoms with Gasteiger partial charge in [-0.15, -0.1) is 5.26 Å². The molecule has 0 bridgehead atoms. The zero-order valence-electron chi connectivity index (χ0n) is 6.56. The minimum absolute atomic E-state index is 0.173. The number of ether oxygens (including phenoxy) is 1. The van der Waals surface area contributed by atoms with E-state index in [0.717, 1.165) is 6.08 Å². The van der Waals surface area contributed by atoms with Crippen LogP contribution in [0.25, 0.3) is 0 Å². The van der Waals surface area contributed by atoms with Crippen LogP contribution in [-0.4, -0.2) is 6.18 Å². The van der Waals surface area contributed by atoms with Gasteiger partial charge in [-0.25, -0.2) is 0 Å². The summed E-state index contributed by atoms with van der Waals surface area (Å²) in [5.74, 6) is -0.173. The summed E-state index contributed by atoms with van der Waals surface area (Å²) in [5, 5.41) is 7.95. The predicted molar refractivity (Wildman–Crippen MR) is 40.2 cm³/mol. The van der Waals surface area contributed by atoms with Gasteiger partial charge in [0.15, 0.2) is 0 Å². The molecular formula is C8H6F3NO. The monoisotopic (exact) mass is 189 g/mol. The van der Waals surface area contributed by atoms with Crippen molar-refractivity contribution in [3.63, 3.8) is 0 Å². The van der Waals surface area contributed by atoms with Crippen LogP contribution in [0, 0.1) is 11.5 Å². The number of hydrogen-bond acceptors (Lipinski definition) is 2. The van der Waals surface area contributed by atoms with E-state index in [1.807, 2.05) is 0 Å². The number of halogens is 3. The second-order valence-electron chi connectivity index (χ2n) is 2.02. The van der Waals surface area contributed by atoms with Gasteiger partial charge >= 0.3 is 6.18 Å². The van der Waals surface area contributed by atoms with E-state index in [-0.39, 0.29) is 5.76 Å². The van der Waals surface area contributed by atoms with Gasteiger partial charge in [0.1, 0.15) is 5.76 Å². The Labute approximate surface area is 73.2 Å². The number of nitrogens with zero attached hydrogens (tertiary/aromatic N) is 1. The van der Waals surface area contributed by atoms with E-state index in [1.54, 1.807) is 0 Å². The molecule has 0 N–H and O–H groups in total. The number of alkyl halides is 3. The Kier molecular flexibility index (Phi) is 3.79. The van der Waals surface area contributed by atoms with Crippen LogP contribution in [0.5, 0.6) is 0 Å². The molecule has 0 radical (unpaired) electrons. The number of hydrogen-bond donors (Lipinski definition) is 0. The molecule has 0 rings (SSSR count). The van der Waals surface area contributed by atoms with Crippen LogP contribution in [0.15, 0.2) is 36.6 Å². The normalized spacial score (nSPS) is 10.9. The Morgan fingerprint density at radius 1 is 1.31 bits per heavy atom. The van der Waals surface area contributed by atoms with Crippen molar-refractivity contribution >= 4 is 0 Å². The third kappa shape index (κ3) is 4.69. The van der Waals surface area contributed by atoms with Crippen molar-refractivity contribution in [1.29, 1.82) is 5.26 Å². The van der Waals surface area contributed by atoms with Crippen molar-refractivity contribution in [2.45, 2.75) is 6.18 Å². The maximum Gasteiger partial charge on any atom is 0.415 e. The lowest BCUT2D eigenvalue weighted by Gasteiger charge is -2.04. The Morgan fingerprint density at radius 3 is 2.23 bits per heavy atom. The summed E-state index contributed by atoms with van der Waals surface area (Å²) in [6, 6.07) is 0. The number of nitriles is 1. The highest BCUT2D eigenvalue weighted by molar-refractivity contribution is 5.25. The molecule has 0 unspecified atom stereocenters. The van der Waals surface area contributed by atoms with E-state index in [0.29, 0.717) is 6.08 Å². The quantitative estimate of drug-likeness (QED) is 0.388. The maximum atomic E-state index is 11.8.